The van der Waals surface area contributed by atoms with Crippen molar-refractivity contribution in [2.75, 3.05) is 6.61 Å². The molecular formula is C18H18ClNO. The fourth-order valence-corrected chi connectivity index (χ4v) is 3.12. The van der Waals surface area contributed by atoms with Crippen molar-refractivity contribution in [3.05, 3.63) is 52.5 Å². The van der Waals surface area contributed by atoms with Crippen LogP contribution in [0.2, 0.25) is 5.02 Å². The van der Waals surface area contributed by atoms with E-state index in [-0.39, 0.29) is 0 Å². The smallest absolute Gasteiger partial charge is 0.122 e. The van der Waals surface area contributed by atoms with E-state index in [1.54, 1.807) is 0 Å². The molecule has 0 saturated heterocycles. The first-order valence-corrected chi connectivity index (χ1v) is 7.95. The molecule has 0 aromatic heterocycles. The third kappa shape index (κ3) is 2.78. The molecule has 0 unspecified atom stereocenters. The molecule has 2 aromatic carbocycles. The normalized spacial score (nSPS) is 16.6. The summed E-state index contributed by atoms with van der Waals surface area (Å²) in [5, 5.41) is 4.34. The Morgan fingerprint density at radius 1 is 1.14 bits per heavy atom. The SMILES string of the molecule is Clc1cc(CNC2CC2)ccc1-c1ccc2c(c1)CCO2. The monoisotopic (exact) mass is 299 g/mol. The van der Waals surface area contributed by atoms with Crippen LogP contribution in [0.4, 0.5) is 0 Å². The number of nitrogens with one attached hydrogen (secondary N) is 1. The third-order valence-corrected chi connectivity index (χ3v) is 4.52. The topological polar surface area (TPSA) is 21.3 Å². The van der Waals surface area contributed by atoms with Gasteiger partial charge in [-0.25, -0.2) is 0 Å². The summed E-state index contributed by atoms with van der Waals surface area (Å²) in [5.41, 5.74) is 4.80. The van der Waals surface area contributed by atoms with E-state index in [0.717, 1.165) is 41.9 Å². The van der Waals surface area contributed by atoms with E-state index in [4.69, 9.17) is 16.3 Å². The maximum absolute atomic E-state index is 6.49. The van der Waals surface area contributed by atoms with Crippen LogP contribution in [0.1, 0.15) is 24.0 Å². The van der Waals surface area contributed by atoms with E-state index in [1.165, 1.54) is 29.5 Å². The first-order valence-electron chi connectivity index (χ1n) is 7.57. The summed E-state index contributed by atoms with van der Waals surface area (Å²) >= 11 is 6.49. The number of hydrogen-bond donors (Lipinski definition) is 1. The molecular weight excluding hydrogens is 282 g/mol. The van der Waals surface area contributed by atoms with Gasteiger partial charge in [-0.15, -0.1) is 0 Å². The molecule has 0 bridgehead atoms. The second-order valence-corrected chi connectivity index (χ2v) is 6.30. The first kappa shape index (κ1) is 13.2. The zero-order valence-electron chi connectivity index (χ0n) is 11.9. The van der Waals surface area contributed by atoms with Crippen molar-refractivity contribution in [1.82, 2.24) is 5.32 Å². The van der Waals surface area contributed by atoms with Crippen molar-refractivity contribution in [1.29, 1.82) is 0 Å². The van der Waals surface area contributed by atoms with E-state index >= 15 is 0 Å². The number of fused-ring (bicyclic) bond motifs is 1. The van der Waals surface area contributed by atoms with Gasteiger partial charge in [-0.2, -0.15) is 0 Å². The highest BCUT2D eigenvalue weighted by Crippen LogP contribution is 2.34. The van der Waals surface area contributed by atoms with Crippen LogP contribution in [0.15, 0.2) is 36.4 Å². The van der Waals surface area contributed by atoms with Crippen LogP contribution in [0.5, 0.6) is 5.75 Å². The Bertz CT molecular complexity index is 679. The van der Waals surface area contributed by atoms with E-state index in [9.17, 15) is 0 Å². The molecule has 0 radical (unpaired) electrons. The van der Waals surface area contributed by atoms with E-state index in [0.29, 0.717) is 0 Å². The van der Waals surface area contributed by atoms with Crippen molar-refractivity contribution < 1.29 is 4.74 Å². The molecule has 0 spiro atoms. The molecule has 1 aliphatic carbocycles. The highest BCUT2D eigenvalue weighted by Gasteiger charge is 2.20. The first-order chi connectivity index (χ1) is 10.3. The Hall–Kier alpha value is -1.51. The summed E-state index contributed by atoms with van der Waals surface area (Å²) in [4.78, 5) is 0. The van der Waals surface area contributed by atoms with Gasteiger partial charge in [0.2, 0.25) is 0 Å². The molecule has 1 heterocycles. The lowest BCUT2D eigenvalue weighted by atomic mass is 10.0. The quantitative estimate of drug-likeness (QED) is 0.914. The molecule has 2 aliphatic rings. The van der Waals surface area contributed by atoms with Gasteiger partial charge < -0.3 is 10.1 Å². The molecule has 2 aromatic rings. The second-order valence-electron chi connectivity index (χ2n) is 5.89. The van der Waals surface area contributed by atoms with Gasteiger partial charge in [0.1, 0.15) is 5.75 Å². The van der Waals surface area contributed by atoms with Gasteiger partial charge in [-0.1, -0.05) is 29.8 Å². The van der Waals surface area contributed by atoms with Crippen molar-refractivity contribution in [3.63, 3.8) is 0 Å². The van der Waals surface area contributed by atoms with Crippen LogP contribution in [-0.4, -0.2) is 12.6 Å². The molecule has 2 nitrogen and oxygen atoms in total. The minimum atomic E-state index is 0.722. The van der Waals surface area contributed by atoms with Crippen molar-refractivity contribution >= 4 is 11.6 Å². The molecule has 4 rings (SSSR count). The number of hydrogen-bond acceptors (Lipinski definition) is 2. The molecule has 21 heavy (non-hydrogen) atoms. The van der Waals surface area contributed by atoms with Gasteiger partial charge in [0.15, 0.2) is 0 Å². The standard InChI is InChI=1S/C18H18ClNO/c19-17-9-12(11-20-15-3-4-15)1-5-16(17)13-2-6-18-14(10-13)7-8-21-18/h1-2,5-6,9-10,15,20H,3-4,7-8,11H2. The van der Waals surface area contributed by atoms with E-state index < -0.39 is 0 Å². The van der Waals surface area contributed by atoms with Crippen LogP contribution in [0.3, 0.4) is 0 Å². The summed E-state index contributed by atoms with van der Waals surface area (Å²) in [6.45, 7) is 1.70. The summed E-state index contributed by atoms with van der Waals surface area (Å²) in [7, 11) is 0. The molecule has 1 N–H and O–H groups in total. The number of halogens is 1. The molecule has 1 fully saturated rings. The van der Waals surface area contributed by atoms with E-state index in [1.807, 2.05) is 0 Å². The highest BCUT2D eigenvalue weighted by atomic mass is 35.5. The van der Waals surface area contributed by atoms with E-state index in [2.05, 4.69) is 41.7 Å². The fraction of sp³-hybridized carbons (Fsp3) is 0.333. The lowest BCUT2D eigenvalue weighted by molar-refractivity contribution is 0.357. The Kier molecular flexibility index (Phi) is 3.36. The minimum Gasteiger partial charge on any atom is -0.493 e. The van der Waals surface area contributed by atoms with Gasteiger partial charge in [0.05, 0.1) is 6.61 Å². The summed E-state index contributed by atoms with van der Waals surface area (Å²) < 4.78 is 5.56. The molecule has 0 atom stereocenters. The fourth-order valence-electron chi connectivity index (χ4n) is 2.81. The number of ether oxygens (including phenoxy) is 1. The van der Waals surface area contributed by atoms with Gasteiger partial charge in [0.25, 0.3) is 0 Å². The highest BCUT2D eigenvalue weighted by molar-refractivity contribution is 6.33. The molecule has 108 valence electrons. The van der Waals surface area contributed by atoms with Crippen molar-refractivity contribution in [2.24, 2.45) is 0 Å². The van der Waals surface area contributed by atoms with Crippen molar-refractivity contribution in [2.45, 2.75) is 31.8 Å². The average Bonchev–Trinajstić information content (AvgIpc) is 3.21. The predicted octanol–water partition coefficient (Wildman–Crippen LogP) is 4.19. The summed E-state index contributed by atoms with van der Waals surface area (Å²) in [6, 6.07) is 13.4. The molecule has 1 saturated carbocycles. The van der Waals surface area contributed by atoms with Crippen LogP contribution in [0.25, 0.3) is 11.1 Å². The van der Waals surface area contributed by atoms with Gasteiger partial charge in [-0.3, -0.25) is 0 Å². The molecule has 1 aliphatic heterocycles. The van der Waals surface area contributed by atoms with Crippen LogP contribution >= 0.6 is 11.6 Å². The van der Waals surface area contributed by atoms with Crippen molar-refractivity contribution in [3.8, 4) is 16.9 Å². The second kappa shape index (κ2) is 5.36. The van der Waals surface area contributed by atoms with Crippen LogP contribution < -0.4 is 10.1 Å². The Morgan fingerprint density at radius 2 is 2.05 bits per heavy atom. The lowest BCUT2D eigenvalue weighted by Crippen LogP contribution is -2.15. The summed E-state index contributed by atoms with van der Waals surface area (Å²) in [6.07, 6.45) is 3.61. The summed E-state index contributed by atoms with van der Waals surface area (Å²) in [5.74, 6) is 1.01. The Morgan fingerprint density at radius 3 is 2.86 bits per heavy atom. The number of rotatable bonds is 4. The zero-order valence-corrected chi connectivity index (χ0v) is 12.6. The maximum Gasteiger partial charge on any atom is 0.122 e. The lowest BCUT2D eigenvalue weighted by Gasteiger charge is -2.09. The van der Waals surface area contributed by atoms with Gasteiger partial charge >= 0.3 is 0 Å². The van der Waals surface area contributed by atoms with Crippen LogP contribution in [-0.2, 0) is 13.0 Å². The Labute approximate surface area is 130 Å². The van der Waals surface area contributed by atoms with Gasteiger partial charge in [0, 0.05) is 29.6 Å². The average molecular weight is 300 g/mol. The number of benzene rings is 2. The molecule has 0 amide bonds. The van der Waals surface area contributed by atoms with Crippen LogP contribution in [0, 0.1) is 0 Å². The van der Waals surface area contributed by atoms with Gasteiger partial charge in [-0.05, 0) is 47.7 Å². The largest absolute Gasteiger partial charge is 0.493 e. The maximum atomic E-state index is 6.49. The minimum absolute atomic E-state index is 0.722. The predicted molar refractivity (Wildman–Crippen MR) is 85.9 cm³/mol. The third-order valence-electron chi connectivity index (χ3n) is 4.21. The molecule has 3 heteroatoms. The zero-order chi connectivity index (χ0) is 14.2. The Balaban J connectivity index is 1.59.